The highest BCUT2D eigenvalue weighted by molar-refractivity contribution is 9.10. The first kappa shape index (κ1) is 10.6. The number of fused-ring (bicyclic) bond motifs is 1. The van der Waals surface area contributed by atoms with E-state index in [0.717, 1.165) is 21.5 Å². The van der Waals surface area contributed by atoms with Crippen molar-refractivity contribution in [3.05, 3.63) is 28.2 Å². The fourth-order valence-corrected chi connectivity index (χ4v) is 2.02. The van der Waals surface area contributed by atoms with Crippen molar-refractivity contribution in [3.8, 4) is 11.5 Å². The summed E-state index contributed by atoms with van der Waals surface area (Å²) < 4.78 is 12.0. The number of ether oxygens (including phenoxy) is 2. The molecule has 2 rings (SSSR count). The van der Waals surface area contributed by atoms with Gasteiger partial charge in [-0.15, -0.1) is 0 Å². The topological polar surface area (TPSA) is 18.5 Å². The molecule has 0 aromatic heterocycles. The van der Waals surface area contributed by atoms with Crippen molar-refractivity contribution in [2.24, 2.45) is 0 Å². The van der Waals surface area contributed by atoms with Gasteiger partial charge in [-0.05, 0) is 48.0 Å². The number of benzene rings is 1. The third-order valence-corrected chi connectivity index (χ3v) is 2.94. The Balaban J connectivity index is 2.49. The van der Waals surface area contributed by atoms with Crippen LogP contribution < -0.4 is 9.47 Å². The van der Waals surface area contributed by atoms with Crippen molar-refractivity contribution in [2.45, 2.75) is 19.4 Å². The van der Waals surface area contributed by atoms with E-state index < -0.39 is 0 Å². The molecule has 0 fully saturated rings. The number of methoxy groups -OCH3 is 1. The predicted octanol–water partition coefficient (Wildman–Crippen LogP) is 3.64. The van der Waals surface area contributed by atoms with Gasteiger partial charge in [-0.25, -0.2) is 0 Å². The summed E-state index contributed by atoms with van der Waals surface area (Å²) in [5, 5.41) is 0. The minimum absolute atomic E-state index is 0.235. The molecule has 1 aliphatic rings. The predicted molar refractivity (Wildman–Crippen MR) is 64.4 cm³/mol. The molecule has 0 spiro atoms. The Bertz CT molecular complexity index is 422. The first-order chi connectivity index (χ1) is 7.02. The van der Waals surface area contributed by atoms with Gasteiger partial charge in [-0.2, -0.15) is 0 Å². The van der Waals surface area contributed by atoms with Crippen molar-refractivity contribution in [2.75, 3.05) is 7.11 Å². The maximum Gasteiger partial charge on any atom is 0.133 e. The highest BCUT2D eigenvalue weighted by Crippen LogP contribution is 2.37. The van der Waals surface area contributed by atoms with Crippen LogP contribution in [0, 0.1) is 0 Å². The van der Waals surface area contributed by atoms with Crippen LogP contribution in [0.4, 0.5) is 0 Å². The highest BCUT2D eigenvalue weighted by Gasteiger charge is 2.22. The molecule has 1 aromatic carbocycles. The Morgan fingerprint density at radius 2 is 2.07 bits per heavy atom. The van der Waals surface area contributed by atoms with Gasteiger partial charge >= 0.3 is 0 Å². The lowest BCUT2D eigenvalue weighted by molar-refractivity contribution is 0.158. The number of hydrogen-bond donors (Lipinski definition) is 0. The molecule has 0 aliphatic carbocycles. The number of hydrogen-bond acceptors (Lipinski definition) is 2. The molecule has 80 valence electrons. The third kappa shape index (κ3) is 2.02. The standard InChI is InChI=1S/C12H13BrO2/c1-12(2)5-4-8-6-11(14-3)9(13)7-10(8)15-12/h4-7H,1-3H3. The summed E-state index contributed by atoms with van der Waals surface area (Å²) in [6.45, 7) is 4.06. The molecule has 0 unspecified atom stereocenters. The van der Waals surface area contributed by atoms with Crippen molar-refractivity contribution in [1.29, 1.82) is 0 Å². The SMILES string of the molecule is COc1cc2c(cc1Br)OC(C)(C)C=C2. The lowest BCUT2D eigenvalue weighted by Crippen LogP contribution is -2.27. The van der Waals surface area contributed by atoms with Crippen LogP contribution in [0.25, 0.3) is 6.08 Å². The molecule has 0 saturated heterocycles. The molecule has 0 saturated carbocycles. The Morgan fingerprint density at radius 1 is 1.33 bits per heavy atom. The van der Waals surface area contributed by atoms with Gasteiger partial charge in [0.05, 0.1) is 11.6 Å². The maximum absolute atomic E-state index is 5.83. The van der Waals surface area contributed by atoms with E-state index in [0.29, 0.717) is 0 Å². The smallest absolute Gasteiger partial charge is 0.133 e. The maximum atomic E-state index is 5.83. The molecular weight excluding hydrogens is 256 g/mol. The largest absolute Gasteiger partial charge is 0.496 e. The van der Waals surface area contributed by atoms with E-state index in [1.165, 1.54) is 0 Å². The molecule has 2 nitrogen and oxygen atoms in total. The van der Waals surface area contributed by atoms with Gasteiger partial charge in [0.1, 0.15) is 17.1 Å². The van der Waals surface area contributed by atoms with E-state index in [2.05, 4.69) is 22.0 Å². The summed E-state index contributed by atoms with van der Waals surface area (Å²) >= 11 is 3.44. The van der Waals surface area contributed by atoms with E-state index in [9.17, 15) is 0 Å². The molecule has 15 heavy (non-hydrogen) atoms. The Kier molecular flexibility index (Phi) is 2.51. The van der Waals surface area contributed by atoms with Crippen LogP contribution in [-0.4, -0.2) is 12.7 Å². The summed E-state index contributed by atoms with van der Waals surface area (Å²) in [7, 11) is 1.66. The fourth-order valence-electron chi connectivity index (χ4n) is 1.53. The van der Waals surface area contributed by atoms with Crippen molar-refractivity contribution in [3.63, 3.8) is 0 Å². The summed E-state index contributed by atoms with van der Waals surface area (Å²) in [5.74, 6) is 1.71. The number of halogens is 1. The van der Waals surface area contributed by atoms with Gasteiger partial charge in [-0.3, -0.25) is 0 Å². The summed E-state index contributed by atoms with van der Waals surface area (Å²) in [6.07, 6.45) is 4.11. The molecule has 1 heterocycles. The fraction of sp³-hybridized carbons (Fsp3) is 0.333. The summed E-state index contributed by atoms with van der Waals surface area (Å²) in [6, 6.07) is 3.91. The monoisotopic (exact) mass is 268 g/mol. The summed E-state index contributed by atoms with van der Waals surface area (Å²) in [4.78, 5) is 0. The van der Waals surface area contributed by atoms with Crippen LogP contribution in [0.3, 0.4) is 0 Å². The van der Waals surface area contributed by atoms with E-state index in [-0.39, 0.29) is 5.60 Å². The molecule has 3 heteroatoms. The van der Waals surface area contributed by atoms with Crippen LogP contribution in [-0.2, 0) is 0 Å². The lowest BCUT2D eigenvalue weighted by atomic mass is 10.0. The normalized spacial score (nSPS) is 16.8. The second-order valence-electron chi connectivity index (χ2n) is 4.06. The molecule has 1 aromatic rings. The quantitative estimate of drug-likeness (QED) is 0.774. The zero-order valence-electron chi connectivity index (χ0n) is 9.00. The zero-order chi connectivity index (χ0) is 11.1. The van der Waals surface area contributed by atoms with Gasteiger partial charge in [-0.1, -0.05) is 6.08 Å². The van der Waals surface area contributed by atoms with E-state index in [4.69, 9.17) is 9.47 Å². The van der Waals surface area contributed by atoms with Crippen molar-refractivity contribution < 1.29 is 9.47 Å². The minimum Gasteiger partial charge on any atom is -0.496 e. The second-order valence-corrected chi connectivity index (χ2v) is 4.92. The van der Waals surface area contributed by atoms with Gasteiger partial charge in [0.15, 0.2) is 0 Å². The number of rotatable bonds is 1. The summed E-state index contributed by atoms with van der Waals surface area (Å²) in [5.41, 5.74) is 0.815. The van der Waals surface area contributed by atoms with E-state index in [1.54, 1.807) is 7.11 Å². The Morgan fingerprint density at radius 3 is 2.73 bits per heavy atom. The van der Waals surface area contributed by atoms with Gasteiger partial charge in [0, 0.05) is 5.56 Å². The molecule has 0 atom stereocenters. The highest BCUT2D eigenvalue weighted by atomic mass is 79.9. The molecule has 1 aliphatic heterocycles. The van der Waals surface area contributed by atoms with Crippen LogP contribution in [0.15, 0.2) is 22.7 Å². The zero-order valence-corrected chi connectivity index (χ0v) is 10.6. The van der Waals surface area contributed by atoms with Crippen LogP contribution in [0.5, 0.6) is 11.5 Å². The van der Waals surface area contributed by atoms with Gasteiger partial charge < -0.3 is 9.47 Å². The van der Waals surface area contributed by atoms with Crippen LogP contribution in [0.1, 0.15) is 19.4 Å². The van der Waals surface area contributed by atoms with Gasteiger partial charge in [0.2, 0.25) is 0 Å². The van der Waals surface area contributed by atoms with E-state index >= 15 is 0 Å². The minimum atomic E-state index is -0.235. The van der Waals surface area contributed by atoms with Gasteiger partial charge in [0.25, 0.3) is 0 Å². The first-order valence-electron chi connectivity index (χ1n) is 4.77. The average molecular weight is 269 g/mol. The first-order valence-corrected chi connectivity index (χ1v) is 5.57. The molecule has 0 radical (unpaired) electrons. The molecule has 0 amide bonds. The second kappa shape index (κ2) is 3.56. The molecule has 0 N–H and O–H groups in total. The van der Waals surface area contributed by atoms with Crippen molar-refractivity contribution in [1.82, 2.24) is 0 Å². The lowest BCUT2D eigenvalue weighted by Gasteiger charge is -2.28. The average Bonchev–Trinajstić information content (AvgIpc) is 2.15. The van der Waals surface area contributed by atoms with Crippen molar-refractivity contribution >= 4 is 22.0 Å². The third-order valence-electron chi connectivity index (χ3n) is 2.32. The molecule has 0 bridgehead atoms. The molecular formula is C12H13BrO2. The Hall–Kier alpha value is -0.960. The van der Waals surface area contributed by atoms with E-state index in [1.807, 2.05) is 32.1 Å². The van der Waals surface area contributed by atoms with Crippen LogP contribution in [0.2, 0.25) is 0 Å². The van der Waals surface area contributed by atoms with Crippen LogP contribution >= 0.6 is 15.9 Å². The Labute approximate surface area is 98.0 Å².